The number of amides is 1. The first kappa shape index (κ1) is 19.2. The predicted molar refractivity (Wildman–Crippen MR) is 107 cm³/mol. The van der Waals surface area contributed by atoms with Gasteiger partial charge in [-0.1, -0.05) is 30.3 Å². The summed E-state index contributed by atoms with van der Waals surface area (Å²) in [5.41, 5.74) is 0.298. The van der Waals surface area contributed by atoms with Crippen LogP contribution in [0.5, 0.6) is 11.5 Å². The van der Waals surface area contributed by atoms with E-state index < -0.39 is 4.92 Å². The van der Waals surface area contributed by atoms with Crippen LogP contribution in [-0.4, -0.2) is 24.5 Å². The zero-order valence-electron chi connectivity index (χ0n) is 15.4. The van der Waals surface area contributed by atoms with Crippen molar-refractivity contribution < 1.29 is 19.2 Å². The average molecular weight is 380 g/mol. The molecule has 7 nitrogen and oxygen atoms in total. The Morgan fingerprint density at radius 1 is 1.07 bits per heavy atom. The van der Waals surface area contributed by atoms with Crippen LogP contribution in [0.3, 0.4) is 0 Å². The molecule has 0 aliphatic rings. The summed E-state index contributed by atoms with van der Waals surface area (Å²) >= 11 is 0. The van der Waals surface area contributed by atoms with Crippen molar-refractivity contribution in [3.8, 4) is 11.5 Å². The van der Waals surface area contributed by atoms with Gasteiger partial charge in [0.1, 0.15) is 11.5 Å². The first-order valence-electron chi connectivity index (χ1n) is 8.81. The lowest BCUT2D eigenvalue weighted by molar-refractivity contribution is -0.384. The topological polar surface area (TPSA) is 90.7 Å². The monoisotopic (exact) mass is 380 g/mol. The van der Waals surface area contributed by atoms with Crippen LogP contribution in [0, 0.1) is 10.1 Å². The molecule has 0 saturated carbocycles. The van der Waals surface area contributed by atoms with Crippen LogP contribution in [0.4, 0.5) is 11.4 Å². The molecule has 144 valence electrons. The van der Waals surface area contributed by atoms with Crippen molar-refractivity contribution in [2.45, 2.75) is 12.8 Å². The third-order valence-corrected chi connectivity index (χ3v) is 4.21. The second kappa shape index (κ2) is 8.85. The number of carbonyl (C=O) groups is 1. The van der Waals surface area contributed by atoms with Gasteiger partial charge < -0.3 is 14.8 Å². The van der Waals surface area contributed by atoms with Crippen LogP contribution in [0.1, 0.15) is 12.8 Å². The summed E-state index contributed by atoms with van der Waals surface area (Å²) in [4.78, 5) is 22.4. The number of nitro groups is 1. The van der Waals surface area contributed by atoms with Gasteiger partial charge in [0.05, 0.1) is 30.4 Å². The van der Waals surface area contributed by atoms with Gasteiger partial charge in [0.25, 0.3) is 5.69 Å². The van der Waals surface area contributed by atoms with E-state index in [2.05, 4.69) is 5.32 Å². The molecule has 1 N–H and O–H groups in total. The molecular formula is C21H20N2O5. The molecule has 0 unspecified atom stereocenters. The molecule has 28 heavy (non-hydrogen) atoms. The predicted octanol–water partition coefficient (Wildman–Crippen LogP) is 4.55. The van der Waals surface area contributed by atoms with Crippen molar-refractivity contribution in [1.82, 2.24) is 0 Å². The molecule has 0 radical (unpaired) electrons. The summed E-state index contributed by atoms with van der Waals surface area (Å²) in [6, 6.07) is 18.0. The second-order valence-electron chi connectivity index (χ2n) is 6.15. The number of carbonyl (C=O) groups excluding carboxylic acids is 1. The molecule has 3 aromatic carbocycles. The van der Waals surface area contributed by atoms with Crippen molar-refractivity contribution in [3.05, 3.63) is 70.8 Å². The molecule has 0 heterocycles. The molecule has 3 aromatic rings. The van der Waals surface area contributed by atoms with E-state index in [9.17, 15) is 14.9 Å². The maximum Gasteiger partial charge on any atom is 0.273 e. The number of anilines is 1. The third-order valence-electron chi connectivity index (χ3n) is 4.21. The molecule has 0 atom stereocenters. The fourth-order valence-corrected chi connectivity index (χ4v) is 2.79. The van der Waals surface area contributed by atoms with E-state index in [4.69, 9.17) is 9.47 Å². The fraction of sp³-hybridized carbons (Fsp3) is 0.190. The molecule has 3 rings (SSSR count). The highest BCUT2D eigenvalue weighted by Gasteiger charge is 2.13. The van der Waals surface area contributed by atoms with Gasteiger partial charge >= 0.3 is 0 Å². The van der Waals surface area contributed by atoms with Crippen LogP contribution in [0.2, 0.25) is 0 Å². The largest absolute Gasteiger partial charge is 0.494 e. The number of rotatable bonds is 8. The number of nitro benzene ring substituents is 1. The first-order chi connectivity index (χ1) is 13.6. The van der Waals surface area contributed by atoms with Crippen LogP contribution >= 0.6 is 0 Å². The Morgan fingerprint density at radius 2 is 1.86 bits per heavy atom. The number of methoxy groups -OCH3 is 1. The van der Waals surface area contributed by atoms with Crippen LogP contribution in [0.25, 0.3) is 10.8 Å². The van der Waals surface area contributed by atoms with E-state index in [0.29, 0.717) is 18.7 Å². The Balaban J connectivity index is 1.49. The Labute approximate surface area is 162 Å². The number of hydrogen-bond acceptors (Lipinski definition) is 5. The van der Waals surface area contributed by atoms with E-state index >= 15 is 0 Å². The molecule has 0 fully saturated rings. The van der Waals surface area contributed by atoms with Gasteiger partial charge in [0.2, 0.25) is 5.91 Å². The number of fused-ring (bicyclic) bond motifs is 1. The van der Waals surface area contributed by atoms with Crippen molar-refractivity contribution in [3.63, 3.8) is 0 Å². The maximum atomic E-state index is 12.1. The van der Waals surface area contributed by atoms with E-state index in [1.54, 1.807) is 0 Å². The minimum absolute atomic E-state index is 0.0985. The molecule has 0 bridgehead atoms. The second-order valence-corrected chi connectivity index (χ2v) is 6.15. The van der Waals surface area contributed by atoms with Gasteiger partial charge in [-0.25, -0.2) is 0 Å². The van der Waals surface area contributed by atoms with Gasteiger partial charge in [0, 0.05) is 12.5 Å². The minimum atomic E-state index is -0.516. The van der Waals surface area contributed by atoms with Gasteiger partial charge in [-0.05, 0) is 35.4 Å². The van der Waals surface area contributed by atoms with Crippen LogP contribution in [0.15, 0.2) is 60.7 Å². The quantitative estimate of drug-likeness (QED) is 0.352. The molecule has 1 amide bonds. The zero-order chi connectivity index (χ0) is 19.9. The highest BCUT2D eigenvalue weighted by Crippen LogP contribution is 2.29. The highest BCUT2D eigenvalue weighted by atomic mass is 16.6. The smallest absolute Gasteiger partial charge is 0.273 e. The molecule has 0 aliphatic heterocycles. The SMILES string of the molecule is COc1cc([N+](=O)[O-])ccc1NC(=O)CCCOc1ccc2ccccc2c1. The van der Waals surface area contributed by atoms with Gasteiger partial charge in [-0.15, -0.1) is 0 Å². The van der Waals surface area contributed by atoms with E-state index in [-0.39, 0.29) is 23.8 Å². The lowest BCUT2D eigenvalue weighted by Gasteiger charge is -2.10. The van der Waals surface area contributed by atoms with Crippen molar-refractivity contribution >= 4 is 28.1 Å². The van der Waals surface area contributed by atoms with Crippen LogP contribution < -0.4 is 14.8 Å². The van der Waals surface area contributed by atoms with Gasteiger partial charge in [0.15, 0.2) is 0 Å². The summed E-state index contributed by atoms with van der Waals surface area (Å²) in [6.07, 6.45) is 0.793. The molecular weight excluding hydrogens is 360 g/mol. The number of nitrogens with one attached hydrogen (secondary N) is 1. The van der Waals surface area contributed by atoms with E-state index in [1.165, 1.54) is 25.3 Å². The van der Waals surface area contributed by atoms with Crippen molar-refractivity contribution in [2.24, 2.45) is 0 Å². The normalized spacial score (nSPS) is 10.5. The maximum absolute atomic E-state index is 12.1. The molecule has 7 heteroatoms. The fourth-order valence-electron chi connectivity index (χ4n) is 2.79. The van der Waals surface area contributed by atoms with Gasteiger partial charge in [-0.3, -0.25) is 14.9 Å². The Bertz CT molecular complexity index is 1000. The lowest BCUT2D eigenvalue weighted by Crippen LogP contribution is -2.13. The standard InChI is InChI=1S/C21H20N2O5/c1-27-20-14-17(23(25)26)9-11-19(20)22-21(24)7-4-12-28-18-10-8-15-5-2-3-6-16(15)13-18/h2-3,5-6,8-11,13-14H,4,7,12H2,1H3,(H,22,24). The number of benzene rings is 3. The number of hydrogen-bond donors (Lipinski definition) is 1. The summed E-state index contributed by atoms with van der Waals surface area (Å²) < 4.78 is 10.8. The Morgan fingerprint density at radius 3 is 2.61 bits per heavy atom. The minimum Gasteiger partial charge on any atom is -0.494 e. The van der Waals surface area contributed by atoms with Crippen molar-refractivity contribution in [1.29, 1.82) is 0 Å². The van der Waals surface area contributed by atoms with E-state index in [1.807, 2.05) is 42.5 Å². The summed E-state index contributed by atoms with van der Waals surface area (Å²) in [5.74, 6) is 0.792. The molecule has 0 saturated heterocycles. The number of ether oxygens (including phenoxy) is 2. The highest BCUT2D eigenvalue weighted by molar-refractivity contribution is 5.92. The molecule has 0 aromatic heterocycles. The summed E-state index contributed by atoms with van der Waals surface area (Å²) in [6.45, 7) is 0.406. The Hall–Kier alpha value is -3.61. The zero-order valence-corrected chi connectivity index (χ0v) is 15.4. The molecule has 0 aliphatic carbocycles. The Kier molecular flexibility index (Phi) is 6.06. The molecule has 0 spiro atoms. The number of non-ortho nitro benzene ring substituents is 1. The van der Waals surface area contributed by atoms with E-state index in [0.717, 1.165) is 16.5 Å². The van der Waals surface area contributed by atoms with Gasteiger partial charge in [-0.2, -0.15) is 0 Å². The average Bonchev–Trinajstić information content (AvgIpc) is 2.71. The third kappa shape index (κ3) is 4.76. The van der Waals surface area contributed by atoms with Crippen LogP contribution in [-0.2, 0) is 4.79 Å². The summed E-state index contributed by atoms with van der Waals surface area (Å²) in [5, 5.41) is 15.8. The number of nitrogens with zero attached hydrogens (tertiary/aromatic N) is 1. The van der Waals surface area contributed by atoms with Crippen molar-refractivity contribution in [2.75, 3.05) is 19.0 Å². The summed E-state index contributed by atoms with van der Waals surface area (Å²) in [7, 11) is 1.39. The lowest BCUT2D eigenvalue weighted by atomic mass is 10.1. The first-order valence-corrected chi connectivity index (χ1v) is 8.81.